The molecule has 1 N–H and O–H groups in total. The van der Waals surface area contributed by atoms with Crippen LogP contribution < -0.4 is 5.32 Å². The number of esters is 1. The zero-order valence-corrected chi connectivity index (χ0v) is 16.4. The van der Waals surface area contributed by atoms with E-state index in [-0.39, 0.29) is 21.3 Å². The van der Waals surface area contributed by atoms with Crippen LogP contribution in [0.5, 0.6) is 0 Å². The van der Waals surface area contributed by atoms with Crippen LogP contribution >= 0.6 is 11.6 Å². The normalized spacial score (nSPS) is 12.5. The number of rotatable bonds is 6. The molecule has 1 amide bonds. The summed E-state index contributed by atoms with van der Waals surface area (Å²) in [6, 6.07) is 8.64. The van der Waals surface area contributed by atoms with Gasteiger partial charge in [-0.1, -0.05) is 17.7 Å². The molecule has 0 spiro atoms. The van der Waals surface area contributed by atoms with E-state index in [1.54, 1.807) is 0 Å². The molecule has 1 atom stereocenters. The SMILES string of the molecule is C[C@H](OC(=O)c1ccc(Cl)nc1)C(=O)Nc1cccc(S(=O)(=O)N(C)C)c1. The topological polar surface area (TPSA) is 106 Å². The minimum absolute atomic E-state index is 0.0298. The number of halogens is 1. The number of aromatic nitrogens is 1. The molecule has 10 heteroatoms. The summed E-state index contributed by atoms with van der Waals surface area (Å²) in [5, 5.41) is 2.75. The Bertz CT molecular complexity index is 945. The van der Waals surface area contributed by atoms with E-state index >= 15 is 0 Å². The van der Waals surface area contributed by atoms with Crippen LogP contribution in [-0.4, -0.2) is 49.8 Å². The summed E-state index contributed by atoms with van der Waals surface area (Å²) in [6.45, 7) is 1.40. The number of carbonyl (C=O) groups is 2. The molecule has 0 saturated carbocycles. The van der Waals surface area contributed by atoms with Gasteiger partial charge in [0.25, 0.3) is 5.91 Å². The van der Waals surface area contributed by atoms with Crippen molar-refractivity contribution >= 4 is 39.2 Å². The second-order valence-electron chi connectivity index (χ2n) is 5.72. The number of hydrogen-bond donors (Lipinski definition) is 1. The number of nitrogens with one attached hydrogen (secondary N) is 1. The lowest BCUT2D eigenvalue weighted by molar-refractivity contribution is -0.123. The highest BCUT2D eigenvalue weighted by Crippen LogP contribution is 2.18. The fourth-order valence-corrected chi connectivity index (χ4v) is 3.03. The Morgan fingerprint density at radius 2 is 1.93 bits per heavy atom. The van der Waals surface area contributed by atoms with Gasteiger partial charge in [-0.05, 0) is 37.3 Å². The number of pyridine rings is 1. The van der Waals surface area contributed by atoms with Crippen LogP contribution in [0.15, 0.2) is 47.5 Å². The predicted molar refractivity (Wildman–Crippen MR) is 100 cm³/mol. The van der Waals surface area contributed by atoms with E-state index in [4.69, 9.17) is 16.3 Å². The van der Waals surface area contributed by atoms with E-state index in [2.05, 4.69) is 10.3 Å². The highest BCUT2D eigenvalue weighted by atomic mass is 35.5. The number of anilines is 1. The number of hydrogen-bond acceptors (Lipinski definition) is 6. The molecular formula is C17H18ClN3O5S. The number of benzene rings is 1. The standard InChI is InChI=1S/C17H18ClN3O5S/c1-11(26-17(23)12-7-8-15(18)19-10-12)16(22)20-13-5-4-6-14(9-13)27(24,25)21(2)3/h4-11H,1-3H3,(H,20,22)/t11-/m0/s1. The van der Waals surface area contributed by atoms with E-state index in [9.17, 15) is 18.0 Å². The maximum absolute atomic E-state index is 12.2. The minimum atomic E-state index is -3.64. The molecule has 2 aromatic rings. The van der Waals surface area contributed by atoms with Crippen molar-refractivity contribution in [3.63, 3.8) is 0 Å². The van der Waals surface area contributed by atoms with Crippen LogP contribution in [0, 0.1) is 0 Å². The number of sulfonamides is 1. The van der Waals surface area contributed by atoms with Gasteiger partial charge in [0, 0.05) is 26.0 Å². The molecule has 0 aliphatic rings. The largest absolute Gasteiger partial charge is 0.449 e. The van der Waals surface area contributed by atoms with E-state index in [1.807, 2.05) is 0 Å². The maximum atomic E-state index is 12.2. The van der Waals surface area contributed by atoms with Crippen LogP contribution in [0.3, 0.4) is 0 Å². The first-order valence-electron chi connectivity index (χ1n) is 7.77. The quantitative estimate of drug-likeness (QED) is 0.576. The van der Waals surface area contributed by atoms with E-state index in [0.717, 1.165) is 4.31 Å². The molecular weight excluding hydrogens is 394 g/mol. The molecule has 1 aromatic heterocycles. The van der Waals surface area contributed by atoms with Crippen molar-refractivity contribution in [2.75, 3.05) is 19.4 Å². The fraction of sp³-hybridized carbons (Fsp3) is 0.235. The summed E-state index contributed by atoms with van der Waals surface area (Å²) in [4.78, 5) is 28.1. The highest BCUT2D eigenvalue weighted by molar-refractivity contribution is 7.89. The van der Waals surface area contributed by atoms with Gasteiger partial charge in [-0.25, -0.2) is 22.5 Å². The number of ether oxygens (including phenoxy) is 1. The molecule has 27 heavy (non-hydrogen) atoms. The first kappa shape index (κ1) is 20.8. The molecule has 0 bridgehead atoms. The van der Waals surface area contributed by atoms with Crippen molar-refractivity contribution in [3.8, 4) is 0 Å². The first-order chi connectivity index (χ1) is 12.6. The van der Waals surface area contributed by atoms with Crippen molar-refractivity contribution in [2.24, 2.45) is 0 Å². The summed E-state index contributed by atoms with van der Waals surface area (Å²) in [5.41, 5.74) is 0.414. The lowest BCUT2D eigenvalue weighted by Gasteiger charge is -2.15. The second kappa shape index (κ2) is 8.47. The Balaban J connectivity index is 2.06. The molecule has 2 rings (SSSR count). The number of nitrogens with zero attached hydrogens (tertiary/aromatic N) is 2. The molecule has 1 aromatic carbocycles. The van der Waals surface area contributed by atoms with Gasteiger partial charge in [0.1, 0.15) is 5.15 Å². The molecule has 8 nitrogen and oxygen atoms in total. The lowest BCUT2D eigenvalue weighted by atomic mass is 10.2. The lowest BCUT2D eigenvalue weighted by Crippen LogP contribution is -2.30. The fourth-order valence-electron chi connectivity index (χ4n) is 1.97. The smallest absolute Gasteiger partial charge is 0.340 e. The summed E-state index contributed by atoms with van der Waals surface area (Å²) < 4.78 is 30.5. The molecule has 0 radical (unpaired) electrons. The molecule has 0 aliphatic carbocycles. The zero-order chi connectivity index (χ0) is 20.2. The number of amides is 1. The average molecular weight is 412 g/mol. The molecule has 0 aliphatic heterocycles. The van der Waals surface area contributed by atoms with Crippen molar-refractivity contribution in [3.05, 3.63) is 53.3 Å². The summed E-state index contributed by atoms with van der Waals surface area (Å²) >= 11 is 5.65. The molecule has 0 saturated heterocycles. The van der Waals surface area contributed by atoms with Gasteiger partial charge in [-0.2, -0.15) is 0 Å². The summed E-state index contributed by atoms with van der Waals surface area (Å²) in [6.07, 6.45) is 0.132. The van der Waals surface area contributed by atoms with Crippen LogP contribution in [0.25, 0.3) is 0 Å². The Morgan fingerprint density at radius 1 is 1.22 bits per heavy atom. The van der Waals surface area contributed by atoms with Crippen LogP contribution in [0.4, 0.5) is 5.69 Å². The van der Waals surface area contributed by atoms with Crippen LogP contribution in [0.1, 0.15) is 17.3 Å². The Labute approximate surface area is 162 Å². The van der Waals surface area contributed by atoms with Crippen LogP contribution in [0.2, 0.25) is 5.15 Å². The monoisotopic (exact) mass is 411 g/mol. The van der Waals surface area contributed by atoms with E-state index < -0.39 is 28.0 Å². The third kappa shape index (κ3) is 5.25. The Kier molecular flexibility index (Phi) is 6.53. The maximum Gasteiger partial charge on any atom is 0.340 e. The Morgan fingerprint density at radius 3 is 2.52 bits per heavy atom. The molecule has 0 unspecified atom stereocenters. The van der Waals surface area contributed by atoms with Gasteiger partial charge in [0.05, 0.1) is 10.5 Å². The molecule has 1 heterocycles. The average Bonchev–Trinajstić information content (AvgIpc) is 2.62. The van der Waals surface area contributed by atoms with Crippen molar-refractivity contribution in [2.45, 2.75) is 17.9 Å². The summed E-state index contributed by atoms with van der Waals surface area (Å²) in [7, 11) is -0.814. The van der Waals surface area contributed by atoms with Gasteiger partial charge in [0.2, 0.25) is 10.0 Å². The van der Waals surface area contributed by atoms with Gasteiger partial charge in [-0.15, -0.1) is 0 Å². The highest BCUT2D eigenvalue weighted by Gasteiger charge is 2.21. The first-order valence-corrected chi connectivity index (χ1v) is 9.59. The van der Waals surface area contributed by atoms with Crippen molar-refractivity contribution in [1.82, 2.24) is 9.29 Å². The Hall–Kier alpha value is -2.49. The van der Waals surface area contributed by atoms with Gasteiger partial charge < -0.3 is 10.1 Å². The number of carbonyl (C=O) groups excluding carboxylic acids is 2. The molecule has 144 valence electrons. The minimum Gasteiger partial charge on any atom is -0.449 e. The van der Waals surface area contributed by atoms with Gasteiger partial charge in [-0.3, -0.25) is 4.79 Å². The third-order valence-electron chi connectivity index (χ3n) is 3.50. The van der Waals surface area contributed by atoms with Crippen LogP contribution in [-0.2, 0) is 19.6 Å². The zero-order valence-electron chi connectivity index (χ0n) is 14.8. The van der Waals surface area contributed by atoms with Crippen molar-refractivity contribution < 1.29 is 22.7 Å². The third-order valence-corrected chi connectivity index (χ3v) is 5.53. The molecule has 0 fully saturated rings. The predicted octanol–water partition coefficient (Wildman–Crippen LogP) is 2.17. The van der Waals surface area contributed by atoms with Gasteiger partial charge in [0.15, 0.2) is 6.10 Å². The van der Waals surface area contributed by atoms with Gasteiger partial charge >= 0.3 is 5.97 Å². The van der Waals surface area contributed by atoms with E-state index in [0.29, 0.717) is 0 Å². The summed E-state index contributed by atoms with van der Waals surface area (Å²) in [5.74, 6) is -1.34. The second-order valence-corrected chi connectivity index (χ2v) is 8.26. The van der Waals surface area contributed by atoms with E-state index in [1.165, 1.54) is 63.6 Å². The van der Waals surface area contributed by atoms with Crippen molar-refractivity contribution in [1.29, 1.82) is 0 Å².